The number of aromatic amines is 1. The SMILES string of the molecule is O=C(NCC1CCN(C(=O)c2ccc[nH]2)CC1)c1ccoc1. The standard InChI is InChI=1S/C16H19N3O3/c20-15(13-5-9-22-11-13)18-10-12-3-7-19(8-4-12)16(21)14-2-1-6-17-14/h1-2,5-6,9,11-12,17H,3-4,7-8,10H2,(H,18,20). The zero-order valence-electron chi connectivity index (χ0n) is 12.2. The summed E-state index contributed by atoms with van der Waals surface area (Å²) >= 11 is 0. The lowest BCUT2D eigenvalue weighted by atomic mass is 9.96. The van der Waals surface area contributed by atoms with Gasteiger partial charge in [-0.1, -0.05) is 0 Å². The van der Waals surface area contributed by atoms with Gasteiger partial charge < -0.3 is 19.6 Å². The van der Waals surface area contributed by atoms with Gasteiger partial charge in [0.1, 0.15) is 12.0 Å². The number of hydrogen-bond acceptors (Lipinski definition) is 3. The number of rotatable bonds is 4. The number of nitrogens with one attached hydrogen (secondary N) is 2. The Kier molecular flexibility index (Phi) is 4.27. The Balaban J connectivity index is 1.44. The molecule has 2 N–H and O–H groups in total. The molecule has 3 rings (SSSR count). The highest BCUT2D eigenvalue weighted by Gasteiger charge is 2.24. The van der Waals surface area contributed by atoms with Gasteiger partial charge in [-0.05, 0) is 37.0 Å². The van der Waals surface area contributed by atoms with Crippen molar-refractivity contribution in [1.82, 2.24) is 15.2 Å². The molecule has 0 atom stereocenters. The van der Waals surface area contributed by atoms with E-state index in [2.05, 4.69) is 10.3 Å². The number of hydrogen-bond donors (Lipinski definition) is 2. The van der Waals surface area contributed by atoms with Crippen LogP contribution in [0.3, 0.4) is 0 Å². The molecule has 0 saturated carbocycles. The van der Waals surface area contributed by atoms with Crippen molar-refractivity contribution < 1.29 is 14.0 Å². The number of H-pyrrole nitrogens is 1. The van der Waals surface area contributed by atoms with Crippen molar-refractivity contribution in [3.8, 4) is 0 Å². The van der Waals surface area contributed by atoms with Gasteiger partial charge >= 0.3 is 0 Å². The van der Waals surface area contributed by atoms with E-state index in [-0.39, 0.29) is 11.8 Å². The first kappa shape index (κ1) is 14.4. The highest BCUT2D eigenvalue weighted by Crippen LogP contribution is 2.18. The number of likely N-dealkylation sites (tertiary alicyclic amines) is 1. The van der Waals surface area contributed by atoms with Crippen LogP contribution >= 0.6 is 0 Å². The van der Waals surface area contributed by atoms with Crippen molar-refractivity contribution >= 4 is 11.8 Å². The van der Waals surface area contributed by atoms with E-state index in [0.29, 0.717) is 23.7 Å². The van der Waals surface area contributed by atoms with Crippen LogP contribution in [0.25, 0.3) is 0 Å². The molecule has 0 aliphatic carbocycles. The van der Waals surface area contributed by atoms with Crippen LogP contribution in [0.4, 0.5) is 0 Å². The summed E-state index contributed by atoms with van der Waals surface area (Å²) in [4.78, 5) is 28.8. The van der Waals surface area contributed by atoms with Crippen molar-refractivity contribution in [1.29, 1.82) is 0 Å². The molecule has 2 amide bonds. The molecular formula is C16H19N3O3. The second-order valence-corrected chi connectivity index (χ2v) is 5.54. The number of carbonyl (C=O) groups is 2. The van der Waals surface area contributed by atoms with Crippen LogP contribution in [0.2, 0.25) is 0 Å². The predicted molar refractivity (Wildman–Crippen MR) is 80.5 cm³/mol. The molecular weight excluding hydrogens is 282 g/mol. The third-order valence-corrected chi connectivity index (χ3v) is 4.06. The highest BCUT2D eigenvalue weighted by molar-refractivity contribution is 5.93. The molecule has 1 saturated heterocycles. The van der Waals surface area contributed by atoms with Gasteiger partial charge in [-0.15, -0.1) is 0 Å². The molecule has 1 aliphatic heterocycles. The fourth-order valence-corrected chi connectivity index (χ4v) is 2.71. The lowest BCUT2D eigenvalue weighted by Crippen LogP contribution is -2.41. The number of aromatic nitrogens is 1. The molecule has 6 nitrogen and oxygen atoms in total. The van der Waals surface area contributed by atoms with Crippen LogP contribution in [-0.4, -0.2) is 41.3 Å². The number of carbonyl (C=O) groups excluding carboxylic acids is 2. The first-order chi connectivity index (χ1) is 10.7. The molecule has 0 unspecified atom stereocenters. The van der Waals surface area contributed by atoms with E-state index in [1.54, 1.807) is 18.3 Å². The first-order valence-electron chi connectivity index (χ1n) is 7.47. The smallest absolute Gasteiger partial charge is 0.270 e. The van der Waals surface area contributed by atoms with Crippen molar-refractivity contribution in [3.63, 3.8) is 0 Å². The van der Waals surface area contributed by atoms with Gasteiger partial charge in [0, 0.05) is 25.8 Å². The average molecular weight is 301 g/mol. The van der Waals surface area contributed by atoms with E-state index in [9.17, 15) is 9.59 Å². The molecule has 116 valence electrons. The summed E-state index contributed by atoms with van der Waals surface area (Å²) in [5.41, 5.74) is 1.17. The third kappa shape index (κ3) is 3.21. The highest BCUT2D eigenvalue weighted by atomic mass is 16.3. The molecule has 0 aromatic carbocycles. The Labute approximate surface area is 128 Å². The molecule has 0 bridgehead atoms. The summed E-state index contributed by atoms with van der Waals surface area (Å²) in [6.45, 7) is 2.09. The molecule has 2 aromatic rings. The first-order valence-corrected chi connectivity index (χ1v) is 7.47. The van der Waals surface area contributed by atoms with Gasteiger partial charge in [0.25, 0.3) is 11.8 Å². The number of piperidine rings is 1. The summed E-state index contributed by atoms with van der Waals surface area (Å²) in [5.74, 6) is 0.341. The number of amides is 2. The second-order valence-electron chi connectivity index (χ2n) is 5.54. The van der Waals surface area contributed by atoms with Crippen molar-refractivity contribution in [3.05, 3.63) is 48.2 Å². The summed E-state index contributed by atoms with van der Waals surface area (Å²) in [6, 6.07) is 5.26. The molecule has 3 heterocycles. The number of nitrogens with zero attached hydrogens (tertiary/aromatic N) is 1. The normalized spacial score (nSPS) is 15.7. The lowest BCUT2D eigenvalue weighted by Gasteiger charge is -2.31. The third-order valence-electron chi connectivity index (χ3n) is 4.06. The Morgan fingerprint density at radius 1 is 1.32 bits per heavy atom. The fraction of sp³-hybridized carbons (Fsp3) is 0.375. The van der Waals surface area contributed by atoms with Crippen molar-refractivity contribution in [2.24, 2.45) is 5.92 Å². The van der Waals surface area contributed by atoms with Crippen molar-refractivity contribution in [2.75, 3.05) is 19.6 Å². The van der Waals surface area contributed by atoms with Gasteiger partial charge in [-0.3, -0.25) is 9.59 Å². The topological polar surface area (TPSA) is 78.3 Å². The molecule has 22 heavy (non-hydrogen) atoms. The maximum Gasteiger partial charge on any atom is 0.270 e. The molecule has 6 heteroatoms. The van der Waals surface area contributed by atoms with Crippen LogP contribution < -0.4 is 5.32 Å². The van der Waals surface area contributed by atoms with Gasteiger partial charge in [0.2, 0.25) is 0 Å². The van der Waals surface area contributed by atoms with Crippen molar-refractivity contribution in [2.45, 2.75) is 12.8 Å². The minimum atomic E-state index is -0.112. The Morgan fingerprint density at radius 2 is 2.14 bits per heavy atom. The van der Waals surface area contributed by atoms with E-state index >= 15 is 0 Å². The van der Waals surface area contributed by atoms with E-state index in [1.165, 1.54) is 12.5 Å². The zero-order valence-corrected chi connectivity index (χ0v) is 12.2. The Morgan fingerprint density at radius 3 is 2.77 bits per heavy atom. The van der Waals surface area contributed by atoms with Gasteiger partial charge in [-0.25, -0.2) is 0 Å². The van der Waals surface area contributed by atoms with Crippen LogP contribution in [0, 0.1) is 5.92 Å². The van der Waals surface area contributed by atoms with Crippen LogP contribution in [-0.2, 0) is 0 Å². The average Bonchev–Trinajstić information content (AvgIpc) is 3.25. The second kappa shape index (κ2) is 6.51. The van der Waals surface area contributed by atoms with Gasteiger partial charge in [0.05, 0.1) is 11.8 Å². The quantitative estimate of drug-likeness (QED) is 0.905. The predicted octanol–water partition coefficient (Wildman–Crippen LogP) is 1.89. The maximum absolute atomic E-state index is 12.2. The number of furan rings is 1. The maximum atomic E-state index is 12.2. The summed E-state index contributed by atoms with van der Waals surface area (Å²) < 4.78 is 4.90. The minimum absolute atomic E-state index is 0.0471. The molecule has 1 aliphatic rings. The van der Waals surface area contributed by atoms with E-state index in [0.717, 1.165) is 25.9 Å². The molecule has 0 spiro atoms. The van der Waals surface area contributed by atoms with Crippen LogP contribution in [0.1, 0.15) is 33.7 Å². The molecule has 1 fully saturated rings. The van der Waals surface area contributed by atoms with Gasteiger partial charge in [0.15, 0.2) is 0 Å². The van der Waals surface area contributed by atoms with Crippen LogP contribution in [0.15, 0.2) is 41.3 Å². The van der Waals surface area contributed by atoms with E-state index < -0.39 is 0 Å². The summed E-state index contributed by atoms with van der Waals surface area (Å²) in [5, 5.41) is 2.92. The Bertz CT molecular complexity index is 611. The summed E-state index contributed by atoms with van der Waals surface area (Å²) in [7, 11) is 0. The summed E-state index contributed by atoms with van der Waals surface area (Å²) in [6.07, 6.45) is 6.48. The van der Waals surface area contributed by atoms with Gasteiger partial charge in [-0.2, -0.15) is 0 Å². The molecule has 2 aromatic heterocycles. The zero-order chi connectivity index (χ0) is 15.4. The minimum Gasteiger partial charge on any atom is -0.472 e. The van der Waals surface area contributed by atoms with E-state index in [1.807, 2.05) is 11.0 Å². The monoisotopic (exact) mass is 301 g/mol. The largest absolute Gasteiger partial charge is 0.472 e. The fourth-order valence-electron chi connectivity index (χ4n) is 2.71. The van der Waals surface area contributed by atoms with Crippen LogP contribution in [0.5, 0.6) is 0 Å². The lowest BCUT2D eigenvalue weighted by molar-refractivity contribution is 0.0679. The van der Waals surface area contributed by atoms with E-state index in [4.69, 9.17) is 4.42 Å². The molecule has 0 radical (unpaired) electrons. The Hall–Kier alpha value is -2.50.